The quantitative estimate of drug-likeness (QED) is 0.170. The molecule has 0 bridgehead atoms. The van der Waals surface area contributed by atoms with Gasteiger partial charge in [-0.25, -0.2) is 0 Å². The Bertz CT molecular complexity index is 2210. The molecule has 0 spiro atoms. The van der Waals surface area contributed by atoms with Crippen molar-refractivity contribution in [2.24, 2.45) is 0 Å². The number of rotatable bonds is 2. The van der Waals surface area contributed by atoms with Crippen LogP contribution in [0.4, 0.5) is 0 Å². The average molecular weight is 483 g/mol. The third-order valence-corrected chi connectivity index (χ3v) is 9.34. The molecule has 0 aliphatic carbocycles. The molecule has 0 heterocycles. The largest absolute Gasteiger partial charge is 0.0616 e. The summed E-state index contributed by atoms with van der Waals surface area (Å²) in [6.07, 6.45) is 2.06. The summed E-state index contributed by atoms with van der Waals surface area (Å²) in [5.74, 6) is 0. The van der Waals surface area contributed by atoms with Gasteiger partial charge in [-0.05, 0) is 110 Å². The van der Waals surface area contributed by atoms with Crippen LogP contribution in [0.2, 0.25) is 0 Å². The fourth-order valence-electron chi connectivity index (χ4n) is 7.85. The van der Waals surface area contributed by atoms with E-state index in [2.05, 4.69) is 111 Å². The van der Waals surface area contributed by atoms with E-state index in [1.165, 1.54) is 97.3 Å². The number of aryl methyl sites for hydroxylation is 2. The van der Waals surface area contributed by atoms with Gasteiger partial charge < -0.3 is 0 Å². The van der Waals surface area contributed by atoms with Gasteiger partial charge in [0, 0.05) is 0 Å². The van der Waals surface area contributed by atoms with Gasteiger partial charge in [0.1, 0.15) is 0 Å². The van der Waals surface area contributed by atoms with E-state index >= 15 is 0 Å². The number of hydrogen-bond acceptors (Lipinski definition) is 0. The summed E-state index contributed by atoms with van der Waals surface area (Å²) < 4.78 is 0. The second-order valence-corrected chi connectivity index (χ2v) is 10.9. The predicted molar refractivity (Wildman–Crippen MR) is 168 cm³/mol. The van der Waals surface area contributed by atoms with Crippen LogP contribution in [0, 0.1) is 0 Å². The molecule has 0 heteroatoms. The number of fused-ring (bicyclic) bond motifs is 6. The molecule has 178 valence electrons. The summed E-state index contributed by atoms with van der Waals surface area (Å²) in [4.78, 5) is 0. The molecule has 9 rings (SSSR count). The van der Waals surface area contributed by atoms with Crippen molar-refractivity contribution in [2.45, 2.75) is 26.7 Å². The van der Waals surface area contributed by atoms with Gasteiger partial charge in [0.25, 0.3) is 0 Å². The number of hydrogen-bond donors (Lipinski definition) is 0. The van der Waals surface area contributed by atoms with Gasteiger partial charge in [0.15, 0.2) is 0 Å². The smallest absolute Gasteiger partial charge is 0.00140 e. The lowest BCUT2D eigenvalue weighted by atomic mass is 9.81. The maximum absolute atomic E-state index is 2.41. The van der Waals surface area contributed by atoms with Crippen LogP contribution < -0.4 is 0 Å². The van der Waals surface area contributed by atoms with Crippen molar-refractivity contribution in [1.82, 2.24) is 0 Å². The van der Waals surface area contributed by atoms with Crippen molar-refractivity contribution in [2.75, 3.05) is 0 Å². The Hall–Kier alpha value is -4.42. The Morgan fingerprint density at radius 3 is 0.895 bits per heavy atom. The van der Waals surface area contributed by atoms with Crippen LogP contribution in [0.3, 0.4) is 0 Å². The van der Waals surface area contributed by atoms with Gasteiger partial charge in [-0.2, -0.15) is 0 Å². The van der Waals surface area contributed by atoms with Crippen LogP contribution in [0.25, 0.3) is 86.2 Å². The van der Waals surface area contributed by atoms with Gasteiger partial charge in [0.05, 0.1) is 0 Å². The lowest BCUT2D eigenvalue weighted by Crippen LogP contribution is -1.95. The molecular weight excluding hydrogens is 456 g/mol. The van der Waals surface area contributed by atoms with Gasteiger partial charge in [-0.15, -0.1) is 0 Å². The summed E-state index contributed by atoms with van der Waals surface area (Å²) in [6.45, 7) is 4.59. The van der Waals surface area contributed by atoms with Crippen molar-refractivity contribution < 1.29 is 0 Å². The topological polar surface area (TPSA) is 0 Å². The normalized spacial score (nSPS) is 12.7. The minimum absolute atomic E-state index is 1.03. The average Bonchev–Trinajstić information content (AvgIpc) is 2.98. The van der Waals surface area contributed by atoms with E-state index in [9.17, 15) is 0 Å². The fourth-order valence-corrected chi connectivity index (χ4v) is 7.85. The minimum atomic E-state index is 1.03. The highest BCUT2D eigenvalue weighted by molar-refractivity contribution is 6.42. The first-order chi connectivity index (χ1) is 18.8. The van der Waals surface area contributed by atoms with Crippen molar-refractivity contribution in [3.05, 3.63) is 108 Å². The zero-order chi connectivity index (χ0) is 25.1. The highest BCUT2D eigenvalue weighted by Gasteiger charge is 2.21. The molecule has 0 unspecified atom stereocenters. The molecule has 0 radical (unpaired) electrons. The van der Waals surface area contributed by atoms with Gasteiger partial charge in [0.2, 0.25) is 0 Å². The van der Waals surface area contributed by atoms with E-state index < -0.39 is 0 Å². The van der Waals surface area contributed by atoms with E-state index in [0.717, 1.165) is 12.8 Å². The van der Waals surface area contributed by atoms with Crippen LogP contribution in [0.5, 0.6) is 0 Å². The van der Waals surface area contributed by atoms with Crippen LogP contribution in [0.1, 0.15) is 25.0 Å². The maximum Gasteiger partial charge on any atom is -0.00140 e. The monoisotopic (exact) mass is 482 g/mol. The third-order valence-electron chi connectivity index (χ3n) is 9.34. The lowest BCUT2D eigenvalue weighted by Gasteiger charge is -2.22. The Balaban J connectivity index is 1.59. The van der Waals surface area contributed by atoms with Crippen molar-refractivity contribution in [3.8, 4) is 0 Å². The van der Waals surface area contributed by atoms with Crippen molar-refractivity contribution in [1.29, 1.82) is 0 Å². The van der Waals surface area contributed by atoms with Crippen LogP contribution >= 0.6 is 0 Å². The lowest BCUT2D eigenvalue weighted by molar-refractivity contribution is 1.18. The fraction of sp³-hybridized carbons (Fsp3) is 0.105. The molecule has 9 aromatic carbocycles. The minimum Gasteiger partial charge on any atom is -0.0616 e. The predicted octanol–water partition coefficient (Wildman–Crippen LogP) is 10.9. The summed E-state index contributed by atoms with van der Waals surface area (Å²) in [6, 6.07) is 37.1. The highest BCUT2D eigenvalue weighted by atomic mass is 14.2. The maximum atomic E-state index is 2.41. The van der Waals surface area contributed by atoms with E-state index in [-0.39, 0.29) is 0 Å². The van der Waals surface area contributed by atoms with Crippen molar-refractivity contribution in [3.63, 3.8) is 0 Å². The molecule has 38 heavy (non-hydrogen) atoms. The van der Waals surface area contributed by atoms with E-state index in [4.69, 9.17) is 0 Å². The molecular formula is C38H26. The second kappa shape index (κ2) is 7.11. The standard InChI is InChI=1S/C38H26/c1-3-21-23-9-5-7-11-25(23)29-15-19-33-32-18-14-28-22(4-2)24-10-6-8-12-26(24)30-16-20-34(38(32)36(28)30)31-17-13-27(21)35(29)37(31)33/h5-20H,3-4H2,1-2H3. The first kappa shape index (κ1) is 20.6. The Morgan fingerprint density at radius 2 is 0.553 bits per heavy atom. The summed E-state index contributed by atoms with van der Waals surface area (Å²) >= 11 is 0. The Labute approximate surface area is 220 Å². The molecule has 0 saturated heterocycles. The Morgan fingerprint density at radius 1 is 0.289 bits per heavy atom. The zero-order valence-corrected chi connectivity index (χ0v) is 21.7. The first-order valence-electron chi connectivity index (χ1n) is 13.9. The van der Waals surface area contributed by atoms with E-state index in [1.54, 1.807) is 0 Å². The van der Waals surface area contributed by atoms with Crippen LogP contribution in [-0.2, 0) is 12.8 Å². The number of benzene rings is 9. The van der Waals surface area contributed by atoms with Crippen LogP contribution in [-0.4, -0.2) is 0 Å². The van der Waals surface area contributed by atoms with Gasteiger partial charge in [-0.1, -0.05) is 111 Å². The van der Waals surface area contributed by atoms with Crippen LogP contribution in [0.15, 0.2) is 97.1 Å². The summed E-state index contributed by atoms with van der Waals surface area (Å²) in [5.41, 5.74) is 2.93. The summed E-state index contributed by atoms with van der Waals surface area (Å²) in [5, 5.41) is 22.3. The first-order valence-corrected chi connectivity index (χ1v) is 13.9. The molecule has 0 saturated carbocycles. The molecule has 0 aromatic heterocycles. The summed E-state index contributed by atoms with van der Waals surface area (Å²) in [7, 11) is 0. The molecule has 0 amide bonds. The SMILES string of the molecule is CCc1c2ccccc2c2ccc3c4ccc5c(CC)c6ccccc6c6ccc(c7ccc1c2c73)c4c56. The second-order valence-electron chi connectivity index (χ2n) is 10.9. The molecule has 0 atom stereocenters. The third kappa shape index (κ3) is 2.29. The molecule has 9 aromatic rings. The Kier molecular flexibility index (Phi) is 3.86. The van der Waals surface area contributed by atoms with E-state index in [0.29, 0.717) is 0 Å². The van der Waals surface area contributed by atoms with Crippen molar-refractivity contribution >= 4 is 86.2 Å². The van der Waals surface area contributed by atoms with Gasteiger partial charge in [-0.3, -0.25) is 0 Å². The zero-order valence-electron chi connectivity index (χ0n) is 21.7. The molecule has 0 aliphatic heterocycles. The molecule has 0 fully saturated rings. The van der Waals surface area contributed by atoms with Gasteiger partial charge >= 0.3 is 0 Å². The van der Waals surface area contributed by atoms with E-state index in [1.807, 2.05) is 0 Å². The molecule has 0 N–H and O–H groups in total. The highest BCUT2D eigenvalue weighted by Crippen LogP contribution is 2.49. The molecule has 0 nitrogen and oxygen atoms in total. The molecule has 0 aliphatic rings.